The zero-order valence-electron chi connectivity index (χ0n) is 12.1. The second kappa shape index (κ2) is 8.07. The first-order valence-corrected chi connectivity index (χ1v) is 7.05. The van der Waals surface area contributed by atoms with Crippen molar-refractivity contribution in [1.29, 1.82) is 0 Å². The Morgan fingerprint density at radius 2 is 1.76 bits per heavy atom. The highest BCUT2D eigenvalue weighted by atomic mass is 16.5. The third-order valence-corrected chi connectivity index (χ3v) is 2.93. The van der Waals surface area contributed by atoms with Gasteiger partial charge in [-0.2, -0.15) is 0 Å². The van der Waals surface area contributed by atoms with Gasteiger partial charge in [0.2, 0.25) is 0 Å². The molecule has 2 aromatic rings. The van der Waals surface area contributed by atoms with E-state index in [2.05, 4.69) is 17.6 Å². The van der Waals surface area contributed by atoms with E-state index in [1.54, 1.807) is 0 Å². The van der Waals surface area contributed by atoms with E-state index in [1.807, 2.05) is 54.6 Å². The lowest BCUT2D eigenvalue weighted by atomic mass is 10.2. The highest BCUT2D eigenvalue weighted by molar-refractivity contribution is 5.91. The van der Waals surface area contributed by atoms with E-state index in [0.717, 1.165) is 18.8 Å². The molecule has 0 bridgehead atoms. The molecule has 0 aliphatic heterocycles. The van der Waals surface area contributed by atoms with Gasteiger partial charge in [0.15, 0.2) is 6.61 Å². The largest absolute Gasteiger partial charge is 0.484 e. The molecule has 4 nitrogen and oxygen atoms in total. The quantitative estimate of drug-likeness (QED) is 0.822. The molecule has 2 N–H and O–H groups in total. The van der Waals surface area contributed by atoms with E-state index < -0.39 is 0 Å². The van der Waals surface area contributed by atoms with E-state index in [9.17, 15) is 4.79 Å². The number of amides is 1. The third kappa shape index (κ3) is 5.28. The van der Waals surface area contributed by atoms with Crippen LogP contribution >= 0.6 is 0 Å². The number of benzene rings is 2. The van der Waals surface area contributed by atoms with E-state index in [0.29, 0.717) is 5.75 Å². The van der Waals surface area contributed by atoms with Gasteiger partial charge in [-0.1, -0.05) is 37.3 Å². The second-order valence-corrected chi connectivity index (χ2v) is 4.63. The van der Waals surface area contributed by atoms with Crippen molar-refractivity contribution in [2.45, 2.75) is 13.5 Å². The van der Waals surface area contributed by atoms with Crippen LogP contribution in [-0.2, 0) is 11.3 Å². The maximum Gasteiger partial charge on any atom is 0.262 e. The molecular formula is C17H20N2O2. The predicted octanol–water partition coefficient (Wildman–Crippen LogP) is 2.81. The monoisotopic (exact) mass is 284 g/mol. The molecule has 0 aromatic heterocycles. The average molecular weight is 284 g/mol. The van der Waals surface area contributed by atoms with Gasteiger partial charge < -0.3 is 15.4 Å². The van der Waals surface area contributed by atoms with Gasteiger partial charge in [-0.3, -0.25) is 4.79 Å². The molecule has 4 heteroatoms. The summed E-state index contributed by atoms with van der Waals surface area (Å²) in [6.07, 6.45) is 0. The molecule has 0 saturated carbocycles. The maximum atomic E-state index is 11.8. The van der Waals surface area contributed by atoms with Gasteiger partial charge in [0.05, 0.1) is 0 Å². The molecule has 21 heavy (non-hydrogen) atoms. The summed E-state index contributed by atoms with van der Waals surface area (Å²) in [4.78, 5) is 11.8. The minimum atomic E-state index is -0.168. The molecule has 0 fully saturated rings. The SMILES string of the molecule is CCNCc1ccc(NC(=O)COc2ccccc2)cc1. The topological polar surface area (TPSA) is 50.4 Å². The Morgan fingerprint density at radius 1 is 1.05 bits per heavy atom. The first kappa shape index (κ1) is 15.1. The standard InChI is InChI=1S/C17H20N2O2/c1-2-18-12-14-8-10-15(11-9-14)19-17(20)13-21-16-6-4-3-5-7-16/h3-11,18H,2,12-13H2,1H3,(H,19,20). The molecule has 0 unspecified atom stereocenters. The van der Waals surface area contributed by atoms with Crippen molar-refractivity contribution in [2.75, 3.05) is 18.5 Å². The zero-order chi connectivity index (χ0) is 14.9. The van der Waals surface area contributed by atoms with Crippen molar-refractivity contribution < 1.29 is 9.53 Å². The van der Waals surface area contributed by atoms with Crippen LogP contribution in [0.5, 0.6) is 5.75 Å². The summed E-state index contributed by atoms with van der Waals surface area (Å²) in [6.45, 7) is 3.85. The molecule has 2 rings (SSSR count). The van der Waals surface area contributed by atoms with Gasteiger partial charge in [0.25, 0.3) is 5.91 Å². The molecular weight excluding hydrogens is 264 g/mol. The lowest BCUT2D eigenvalue weighted by Crippen LogP contribution is -2.20. The van der Waals surface area contributed by atoms with Crippen molar-refractivity contribution in [3.8, 4) is 5.75 Å². The molecule has 0 saturated heterocycles. The van der Waals surface area contributed by atoms with Crippen LogP contribution in [0, 0.1) is 0 Å². The van der Waals surface area contributed by atoms with Crippen LogP contribution in [-0.4, -0.2) is 19.1 Å². The molecule has 0 spiro atoms. The van der Waals surface area contributed by atoms with Crippen LogP contribution in [0.25, 0.3) is 0 Å². The number of para-hydroxylation sites is 1. The maximum absolute atomic E-state index is 11.8. The minimum Gasteiger partial charge on any atom is -0.484 e. The highest BCUT2D eigenvalue weighted by Crippen LogP contribution is 2.11. The summed E-state index contributed by atoms with van der Waals surface area (Å²) >= 11 is 0. The average Bonchev–Trinajstić information content (AvgIpc) is 2.53. The summed E-state index contributed by atoms with van der Waals surface area (Å²) in [5.41, 5.74) is 1.97. The molecule has 0 atom stereocenters. The Labute approximate surface area is 125 Å². The molecule has 2 aromatic carbocycles. The predicted molar refractivity (Wildman–Crippen MR) is 84.4 cm³/mol. The lowest BCUT2D eigenvalue weighted by Gasteiger charge is -2.08. The first-order chi connectivity index (χ1) is 10.3. The molecule has 110 valence electrons. The number of anilines is 1. The van der Waals surface area contributed by atoms with E-state index in [-0.39, 0.29) is 12.5 Å². The smallest absolute Gasteiger partial charge is 0.262 e. The summed E-state index contributed by atoms with van der Waals surface area (Å²) in [5.74, 6) is 0.520. The van der Waals surface area contributed by atoms with Crippen LogP contribution in [0.2, 0.25) is 0 Å². The Balaban J connectivity index is 1.79. The van der Waals surface area contributed by atoms with E-state index in [1.165, 1.54) is 5.56 Å². The van der Waals surface area contributed by atoms with Crippen molar-refractivity contribution >= 4 is 11.6 Å². The van der Waals surface area contributed by atoms with Gasteiger partial charge in [0.1, 0.15) is 5.75 Å². The van der Waals surface area contributed by atoms with E-state index >= 15 is 0 Å². The van der Waals surface area contributed by atoms with Crippen molar-refractivity contribution in [3.05, 3.63) is 60.2 Å². The summed E-state index contributed by atoms with van der Waals surface area (Å²) < 4.78 is 5.39. The third-order valence-electron chi connectivity index (χ3n) is 2.93. The number of carbonyl (C=O) groups is 1. The molecule has 0 radical (unpaired) electrons. The van der Waals surface area contributed by atoms with Crippen molar-refractivity contribution in [2.24, 2.45) is 0 Å². The number of hydrogen-bond acceptors (Lipinski definition) is 3. The Bertz CT molecular complexity index is 553. The molecule has 1 amide bonds. The second-order valence-electron chi connectivity index (χ2n) is 4.63. The van der Waals surface area contributed by atoms with Gasteiger partial charge in [0, 0.05) is 12.2 Å². The summed E-state index contributed by atoms with van der Waals surface area (Å²) in [5, 5.41) is 6.07. The fourth-order valence-corrected chi connectivity index (χ4v) is 1.84. The van der Waals surface area contributed by atoms with Crippen molar-refractivity contribution in [3.63, 3.8) is 0 Å². The lowest BCUT2D eigenvalue weighted by molar-refractivity contribution is -0.118. The van der Waals surface area contributed by atoms with Crippen LogP contribution in [0.15, 0.2) is 54.6 Å². The first-order valence-electron chi connectivity index (χ1n) is 7.05. The summed E-state index contributed by atoms with van der Waals surface area (Å²) in [6, 6.07) is 17.1. The highest BCUT2D eigenvalue weighted by Gasteiger charge is 2.03. The number of carbonyl (C=O) groups excluding carboxylic acids is 1. The van der Waals surface area contributed by atoms with Crippen molar-refractivity contribution in [1.82, 2.24) is 5.32 Å². The van der Waals surface area contributed by atoms with Crippen LogP contribution < -0.4 is 15.4 Å². The summed E-state index contributed by atoms with van der Waals surface area (Å²) in [7, 11) is 0. The van der Waals surface area contributed by atoms with Crippen LogP contribution in [0.1, 0.15) is 12.5 Å². The zero-order valence-corrected chi connectivity index (χ0v) is 12.1. The Kier molecular flexibility index (Phi) is 5.79. The molecule has 0 aliphatic rings. The Morgan fingerprint density at radius 3 is 2.43 bits per heavy atom. The van der Waals surface area contributed by atoms with Crippen LogP contribution in [0.4, 0.5) is 5.69 Å². The number of nitrogens with one attached hydrogen (secondary N) is 2. The van der Waals surface area contributed by atoms with Gasteiger partial charge in [-0.25, -0.2) is 0 Å². The van der Waals surface area contributed by atoms with Gasteiger partial charge in [-0.05, 0) is 36.4 Å². The minimum absolute atomic E-state index is 0.00313. The fourth-order valence-electron chi connectivity index (χ4n) is 1.84. The number of rotatable bonds is 7. The van der Waals surface area contributed by atoms with Gasteiger partial charge >= 0.3 is 0 Å². The fraction of sp³-hybridized carbons (Fsp3) is 0.235. The van der Waals surface area contributed by atoms with Gasteiger partial charge in [-0.15, -0.1) is 0 Å². The van der Waals surface area contributed by atoms with Crippen LogP contribution in [0.3, 0.4) is 0 Å². The number of hydrogen-bond donors (Lipinski definition) is 2. The molecule has 0 heterocycles. The van der Waals surface area contributed by atoms with E-state index in [4.69, 9.17) is 4.74 Å². The normalized spacial score (nSPS) is 10.1. The molecule has 0 aliphatic carbocycles. The number of ether oxygens (including phenoxy) is 1. The Hall–Kier alpha value is -2.33.